The molecule has 0 saturated carbocycles. The van der Waals surface area contributed by atoms with Crippen LogP contribution in [-0.2, 0) is 21.2 Å². The largest absolute Gasteiger partial charge is 0.269 e. The van der Waals surface area contributed by atoms with Crippen LogP contribution in [0.2, 0.25) is 0 Å². The highest BCUT2D eigenvalue weighted by molar-refractivity contribution is 7.89. The first-order valence-electron chi connectivity index (χ1n) is 8.64. The predicted octanol–water partition coefficient (Wildman–Crippen LogP) is 1.97. The van der Waals surface area contributed by atoms with Crippen LogP contribution in [0.4, 0.5) is 0 Å². The number of carbonyl (C=O) groups is 2. The smallest absolute Gasteiger partial charge is 0.268 e. The molecule has 2 rings (SSSR count). The van der Waals surface area contributed by atoms with Crippen LogP contribution in [0.25, 0.3) is 6.08 Å². The van der Waals surface area contributed by atoms with E-state index in [4.69, 9.17) is 0 Å². The lowest BCUT2D eigenvalue weighted by molar-refractivity contribution is -0.117. The number of hydrogen-bond acceptors (Lipinski definition) is 4. The number of carbonyl (C=O) groups excluding carboxylic acids is 2. The molecule has 0 aliphatic heterocycles. The van der Waals surface area contributed by atoms with Gasteiger partial charge in [0.15, 0.2) is 0 Å². The number of sulfonamides is 1. The van der Waals surface area contributed by atoms with Crippen molar-refractivity contribution in [2.75, 3.05) is 14.1 Å². The van der Waals surface area contributed by atoms with Crippen LogP contribution in [0.15, 0.2) is 59.5 Å². The van der Waals surface area contributed by atoms with Gasteiger partial charge in [0.2, 0.25) is 10.0 Å². The van der Waals surface area contributed by atoms with Crippen molar-refractivity contribution in [2.24, 2.45) is 0 Å². The van der Waals surface area contributed by atoms with E-state index in [1.807, 2.05) is 24.3 Å². The highest BCUT2D eigenvalue weighted by atomic mass is 32.2. The van der Waals surface area contributed by atoms with Gasteiger partial charge in [0, 0.05) is 25.7 Å². The first-order chi connectivity index (χ1) is 13.2. The van der Waals surface area contributed by atoms with Gasteiger partial charge in [-0.2, -0.15) is 0 Å². The Morgan fingerprint density at radius 3 is 2.32 bits per heavy atom. The number of rotatable bonds is 6. The molecule has 0 heterocycles. The number of nitrogens with zero attached hydrogens (tertiary/aromatic N) is 1. The quantitative estimate of drug-likeness (QED) is 0.571. The van der Waals surface area contributed by atoms with E-state index in [-0.39, 0.29) is 10.5 Å². The summed E-state index contributed by atoms with van der Waals surface area (Å²) in [5.74, 6) is -1.13. The molecule has 2 N–H and O–H groups in total. The minimum Gasteiger partial charge on any atom is -0.268 e. The number of amides is 2. The van der Waals surface area contributed by atoms with Gasteiger partial charge in [0.05, 0.1) is 4.90 Å². The Labute approximate surface area is 165 Å². The fraction of sp³-hybridized carbons (Fsp3) is 0.200. The number of benzene rings is 2. The molecule has 2 amide bonds. The lowest BCUT2D eigenvalue weighted by Crippen LogP contribution is -2.40. The summed E-state index contributed by atoms with van der Waals surface area (Å²) in [6.07, 6.45) is 3.87. The SMILES string of the molecule is CCc1ccc(/C=C/C(=O)NNC(=O)c2cccc(S(=O)(=O)N(C)C)c2)cc1. The molecule has 2 aromatic carbocycles. The van der Waals surface area contributed by atoms with Crippen molar-refractivity contribution in [2.45, 2.75) is 18.2 Å². The molecule has 2 aromatic rings. The Bertz CT molecular complexity index is 981. The summed E-state index contributed by atoms with van der Waals surface area (Å²) in [5.41, 5.74) is 6.71. The monoisotopic (exact) mass is 401 g/mol. The van der Waals surface area contributed by atoms with Crippen molar-refractivity contribution in [1.29, 1.82) is 0 Å². The highest BCUT2D eigenvalue weighted by Gasteiger charge is 2.18. The second-order valence-electron chi connectivity index (χ2n) is 6.19. The van der Waals surface area contributed by atoms with Crippen LogP contribution >= 0.6 is 0 Å². The summed E-state index contributed by atoms with van der Waals surface area (Å²) < 4.78 is 25.4. The standard InChI is InChI=1S/C20H23N3O4S/c1-4-15-8-10-16(11-9-15)12-13-19(24)21-22-20(25)17-6-5-7-18(14-17)28(26,27)23(2)3/h5-14H,4H2,1-3H3,(H,21,24)(H,22,25)/b13-12+. The van der Waals surface area contributed by atoms with E-state index >= 15 is 0 Å². The van der Waals surface area contributed by atoms with Gasteiger partial charge in [-0.1, -0.05) is 37.3 Å². The molecular weight excluding hydrogens is 378 g/mol. The zero-order valence-corrected chi connectivity index (χ0v) is 16.8. The maximum atomic E-state index is 12.2. The Morgan fingerprint density at radius 1 is 1.04 bits per heavy atom. The van der Waals surface area contributed by atoms with Crippen LogP contribution in [0.5, 0.6) is 0 Å². The summed E-state index contributed by atoms with van der Waals surface area (Å²) in [6.45, 7) is 2.06. The van der Waals surface area contributed by atoms with Gasteiger partial charge in [-0.05, 0) is 41.8 Å². The first-order valence-corrected chi connectivity index (χ1v) is 10.1. The van der Waals surface area contributed by atoms with Crippen molar-refractivity contribution >= 4 is 27.9 Å². The Balaban J connectivity index is 1.98. The minimum absolute atomic E-state index is 0.00750. The number of nitrogens with one attached hydrogen (secondary N) is 2. The van der Waals surface area contributed by atoms with Gasteiger partial charge in [0.25, 0.3) is 11.8 Å². The molecule has 0 aliphatic carbocycles. The summed E-state index contributed by atoms with van der Waals surface area (Å²) >= 11 is 0. The molecule has 0 radical (unpaired) electrons. The summed E-state index contributed by atoms with van der Waals surface area (Å²) in [7, 11) is -0.839. The average Bonchev–Trinajstić information content (AvgIpc) is 2.70. The molecule has 148 valence electrons. The van der Waals surface area contributed by atoms with E-state index in [0.29, 0.717) is 0 Å². The molecule has 0 bridgehead atoms. The zero-order chi connectivity index (χ0) is 20.7. The summed E-state index contributed by atoms with van der Waals surface area (Å²) in [6, 6.07) is 13.3. The second kappa shape index (κ2) is 9.29. The maximum Gasteiger partial charge on any atom is 0.269 e. The lowest BCUT2D eigenvalue weighted by Gasteiger charge is -2.12. The van der Waals surface area contributed by atoms with Gasteiger partial charge in [-0.25, -0.2) is 12.7 Å². The Kier molecular flexibility index (Phi) is 7.08. The van der Waals surface area contributed by atoms with Gasteiger partial charge < -0.3 is 0 Å². The van der Waals surface area contributed by atoms with E-state index in [1.54, 1.807) is 6.08 Å². The fourth-order valence-electron chi connectivity index (χ4n) is 2.28. The predicted molar refractivity (Wildman–Crippen MR) is 108 cm³/mol. The Morgan fingerprint density at radius 2 is 1.71 bits per heavy atom. The number of hydrazine groups is 1. The second-order valence-corrected chi connectivity index (χ2v) is 8.34. The minimum atomic E-state index is -3.65. The molecule has 0 unspecified atom stereocenters. The van der Waals surface area contributed by atoms with Crippen LogP contribution in [0.1, 0.15) is 28.4 Å². The van der Waals surface area contributed by atoms with Crippen LogP contribution in [0.3, 0.4) is 0 Å². The van der Waals surface area contributed by atoms with E-state index in [0.717, 1.165) is 16.3 Å². The normalized spacial score (nSPS) is 11.6. The van der Waals surface area contributed by atoms with Gasteiger partial charge in [-0.15, -0.1) is 0 Å². The first kappa shape index (κ1) is 21.3. The van der Waals surface area contributed by atoms with Crippen LogP contribution in [-0.4, -0.2) is 38.6 Å². The van der Waals surface area contributed by atoms with Crippen molar-refractivity contribution in [3.8, 4) is 0 Å². The van der Waals surface area contributed by atoms with Crippen molar-refractivity contribution in [1.82, 2.24) is 15.2 Å². The third-order valence-electron chi connectivity index (χ3n) is 3.99. The zero-order valence-electron chi connectivity index (χ0n) is 16.0. The molecule has 0 aromatic heterocycles. The van der Waals surface area contributed by atoms with Crippen molar-refractivity contribution < 1.29 is 18.0 Å². The van der Waals surface area contributed by atoms with E-state index < -0.39 is 21.8 Å². The molecule has 0 spiro atoms. The fourth-order valence-corrected chi connectivity index (χ4v) is 3.23. The lowest BCUT2D eigenvalue weighted by atomic mass is 10.1. The topological polar surface area (TPSA) is 95.6 Å². The van der Waals surface area contributed by atoms with Gasteiger partial charge in [-0.3, -0.25) is 20.4 Å². The summed E-state index contributed by atoms with van der Waals surface area (Å²) in [5, 5.41) is 0. The average molecular weight is 401 g/mol. The molecule has 0 aliphatic rings. The molecule has 28 heavy (non-hydrogen) atoms. The van der Waals surface area contributed by atoms with Gasteiger partial charge in [0.1, 0.15) is 0 Å². The van der Waals surface area contributed by atoms with Crippen molar-refractivity contribution in [3.63, 3.8) is 0 Å². The Hall–Kier alpha value is -2.97. The number of hydrogen-bond donors (Lipinski definition) is 2. The molecule has 7 nitrogen and oxygen atoms in total. The molecule has 0 saturated heterocycles. The maximum absolute atomic E-state index is 12.2. The third kappa shape index (κ3) is 5.51. The van der Waals surface area contributed by atoms with E-state index in [9.17, 15) is 18.0 Å². The summed E-state index contributed by atoms with van der Waals surface area (Å²) in [4.78, 5) is 24.1. The number of aryl methyl sites for hydroxylation is 1. The van der Waals surface area contributed by atoms with Gasteiger partial charge >= 0.3 is 0 Å². The molecule has 0 atom stereocenters. The van der Waals surface area contributed by atoms with Crippen molar-refractivity contribution in [3.05, 3.63) is 71.3 Å². The van der Waals surface area contributed by atoms with E-state index in [1.165, 1.54) is 50.0 Å². The molecule has 8 heteroatoms. The third-order valence-corrected chi connectivity index (χ3v) is 5.80. The van der Waals surface area contributed by atoms with Crippen LogP contribution < -0.4 is 10.9 Å². The highest BCUT2D eigenvalue weighted by Crippen LogP contribution is 2.14. The molecule has 0 fully saturated rings. The molecular formula is C20H23N3O4S. The van der Waals surface area contributed by atoms with Crippen LogP contribution in [0, 0.1) is 0 Å². The van der Waals surface area contributed by atoms with E-state index in [2.05, 4.69) is 17.8 Å².